The molecule has 36 heavy (non-hydrogen) atoms. The molecule has 0 unspecified atom stereocenters. The second-order valence-corrected chi connectivity index (χ2v) is 9.13. The Balaban J connectivity index is 1.69. The maximum absolute atomic E-state index is 13.9. The van der Waals surface area contributed by atoms with Gasteiger partial charge in [-0.3, -0.25) is 14.5 Å². The van der Waals surface area contributed by atoms with Gasteiger partial charge in [0.05, 0.1) is 23.9 Å². The standard InChI is InChI=1S/C28H32N4O4/c1-5-15-29-26(33)25(18(3)4)32-17-22-23(27(32)34)24(30-28(35)31(22)6-2)19-11-10-14-21(16-19)36-20-12-8-7-9-13-20/h5,7-14,16,18,24-25H,1,6,15,17H2,2-4H3,(H,29,33)(H,30,35)/t24-,25-/m0/s1. The lowest BCUT2D eigenvalue weighted by Gasteiger charge is -2.33. The van der Waals surface area contributed by atoms with Gasteiger partial charge < -0.3 is 20.3 Å². The van der Waals surface area contributed by atoms with Crippen molar-refractivity contribution >= 4 is 17.8 Å². The SMILES string of the molecule is C=CCNC(=O)[C@H](C(C)C)N1CC2=C(C1=O)[C@H](c1cccc(Oc3ccccc3)c1)NC(=O)N2CC. The lowest BCUT2D eigenvalue weighted by molar-refractivity contribution is -0.138. The molecule has 8 nitrogen and oxygen atoms in total. The summed E-state index contributed by atoms with van der Waals surface area (Å²) in [4.78, 5) is 43.0. The molecule has 0 aromatic heterocycles. The van der Waals surface area contributed by atoms with Crippen LogP contribution in [-0.4, -0.2) is 53.3 Å². The molecule has 2 aliphatic rings. The van der Waals surface area contributed by atoms with Crippen molar-refractivity contribution in [2.45, 2.75) is 32.9 Å². The minimum Gasteiger partial charge on any atom is -0.457 e. The summed E-state index contributed by atoms with van der Waals surface area (Å²) in [5.74, 6) is 0.664. The van der Waals surface area contributed by atoms with Crippen LogP contribution in [0.5, 0.6) is 11.5 Å². The van der Waals surface area contributed by atoms with E-state index in [-0.39, 0.29) is 30.3 Å². The average molecular weight is 489 g/mol. The van der Waals surface area contributed by atoms with Gasteiger partial charge in [-0.2, -0.15) is 0 Å². The zero-order valence-corrected chi connectivity index (χ0v) is 20.9. The maximum atomic E-state index is 13.9. The summed E-state index contributed by atoms with van der Waals surface area (Å²) in [6.45, 7) is 10.2. The molecule has 4 amide bonds. The highest BCUT2D eigenvalue weighted by Gasteiger charge is 2.47. The van der Waals surface area contributed by atoms with Gasteiger partial charge >= 0.3 is 6.03 Å². The van der Waals surface area contributed by atoms with Crippen molar-refractivity contribution in [2.75, 3.05) is 19.6 Å². The van der Waals surface area contributed by atoms with E-state index < -0.39 is 12.1 Å². The smallest absolute Gasteiger partial charge is 0.322 e. The third kappa shape index (κ3) is 4.84. The van der Waals surface area contributed by atoms with Crippen LogP contribution in [0.25, 0.3) is 0 Å². The number of urea groups is 1. The molecule has 188 valence electrons. The first-order chi connectivity index (χ1) is 17.3. The van der Waals surface area contributed by atoms with Crippen LogP contribution in [0.3, 0.4) is 0 Å². The van der Waals surface area contributed by atoms with E-state index in [0.717, 1.165) is 5.56 Å². The quantitative estimate of drug-likeness (QED) is 0.522. The number of rotatable bonds is 9. The zero-order valence-electron chi connectivity index (χ0n) is 20.9. The van der Waals surface area contributed by atoms with Crippen molar-refractivity contribution in [1.29, 1.82) is 0 Å². The lowest BCUT2D eigenvalue weighted by Crippen LogP contribution is -2.51. The monoisotopic (exact) mass is 488 g/mol. The van der Waals surface area contributed by atoms with Gasteiger partial charge in [0.1, 0.15) is 17.5 Å². The minimum atomic E-state index is -0.676. The Morgan fingerprint density at radius 2 is 1.89 bits per heavy atom. The molecule has 8 heteroatoms. The van der Waals surface area contributed by atoms with Gasteiger partial charge in [-0.05, 0) is 42.7 Å². The van der Waals surface area contributed by atoms with Crippen molar-refractivity contribution in [3.8, 4) is 11.5 Å². The summed E-state index contributed by atoms with van der Waals surface area (Å²) < 4.78 is 5.98. The Labute approximate surface area is 211 Å². The summed E-state index contributed by atoms with van der Waals surface area (Å²) in [6, 6.07) is 15.2. The number of benzene rings is 2. The molecule has 0 saturated heterocycles. The largest absolute Gasteiger partial charge is 0.457 e. The molecule has 2 atom stereocenters. The average Bonchev–Trinajstić information content (AvgIpc) is 3.19. The molecule has 2 aliphatic heterocycles. The van der Waals surface area contributed by atoms with Crippen molar-refractivity contribution in [3.05, 3.63) is 84.1 Å². The third-order valence-electron chi connectivity index (χ3n) is 6.39. The summed E-state index contributed by atoms with van der Waals surface area (Å²) >= 11 is 0. The number of hydrogen-bond donors (Lipinski definition) is 2. The Morgan fingerprint density at radius 1 is 1.17 bits per heavy atom. The van der Waals surface area contributed by atoms with Gasteiger partial charge in [0, 0.05) is 13.1 Å². The van der Waals surface area contributed by atoms with Crippen molar-refractivity contribution in [3.63, 3.8) is 0 Å². The zero-order chi connectivity index (χ0) is 25.8. The maximum Gasteiger partial charge on any atom is 0.322 e. The van der Waals surface area contributed by atoms with Crippen LogP contribution in [0, 0.1) is 5.92 Å². The number of nitrogens with one attached hydrogen (secondary N) is 2. The van der Waals surface area contributed by atoms with Crippen molar-refractivity contribution < 1.29 is 19.1 Å². The van der Waals surface area contributed by atoms with E-state index >= 15 is 0 Å². The molecule has 0 saturated carbocycles. The van der Waals surface area contributed by atoms with Gasteiger partial charge in [0.2, 0.25) is 5.91 Å². The first-order valence-electron chi connectivity index (χ1n) is 12.2. The summed E-state index contributed by atoms with van der Waals surface area (Å²) in [5.41, 5.74) is 1.84. The molecular weight excluding hydrogens is 456 g/mol. The topological polar surface area (TPSA) is 91.0 Å². The van der Waals surface area contributed by atoms with Crippen LogP contribution >= 0.6 is 0 Å². The number of carbonyl (C=O) groups excluding carboxylic acids is 3. The number of carbonyl (C=O) groups is 3. The van der Waals surface area contributed by atoms with Gasteiger partial charge in [0.25, 0.3) is 5.91 Å². The van der Waals surface area contributed by atoms with E-state index in [1.807, 2.05) is 75.4 Å². The number of nitrogens with zero attached hydrogens (tertiary/aromatic N) is 2. The normalized spacial score (nSPS) is 18.2. The van der Waals surface area contributed by atoms with Gasteiger partial charge in [-0.15, -0.1) is 6.58 Å². The van der Waals surface area contributed by atoms with E-state index in [2.05, 4.69) is 17.2 Å². The number of ether oxygens (including phenoxy) is 1. The van der Waals surface area contributed by atoms with Gasteiger partial charge in [-0.1, -0.05) is 50.3 Å². The molecule has 0 radical (unpaired) electrons. The number of likely N-dealkylation sites (N-methyl/N-ethyl adjacent to an activating group) is 1. The predicted octanol–water partition coefficient (Wildman–Crippen LogP) is 3.99. The molecule has 2 N–H and O–H groups in total. The third-order valence-corrected chi connectivity index (χ3v) is 6.39. The molecule has 0 fully saturated rings. The van der Waals surface area contributed by atoms with Crippen LogP contribution < -0.4 is 15.4 Å². The van der Waals surface area contributed by atoms with Crippen LogP contribution in [0.1, 0.15) is 32.4 Å². The minimum absolute atomic E-state index is 0.125. The van der Waals surface area contributed by atoms with E-state index in [4.69, 9.17) is 4.74 Å². The van der Waals surface area contributed by atoms with E-state index in [1.54, 1.807) is 15.9 Å². The van der Waals surface area contributed by atoms with E-state index in [9.17, 15) is 14.4 Å². The van der Waals surface area contributed by atoms with Gasteiger partial charge in [-0.25, -0.2) is 4.79 Å². The number of para-hydroxylation sites is 1. The Bertz CT molecular complexity index is 1190. The molecular formula is C28H32N4O4. The Hall–Kier alpha value is -4.07. The van der Waals surface area contributed by atoms with Crippen LogP contribution in [0.2, 0.25) is 0 Å². The highest BCUT2D eigenvalue weighted by atomic mass is 16.5. The summed E-state index contributed by atoms with van der Waals surface area (Å²) in [6.07, 6.45) is 1.60. The first kappa shape index (κ1) is 25.0. The van der Waals surface area contributed by atoms with Crippen LogP contribution in [0.4, 0.5) is 4.79 Å². The fourth-order valence-corrected chi connectivity index (χ4v) is 4.79. The lowest BCUT2D eigenvalue weighted by atomic mass is 9.95. The molecule has 2 aromatic carbocycles. The Morgan fingerprint density at radius 3 is 2.56 bits per heavy atom. The van der Waals surface area contributed by atoms with Crippen LogP contribution in [-0.2, 0) is 9.59 Å². The highest BCUT2D eigenvalue weighted by Crippen LogP contribution is 2.38. The molecule has 0 bridgehead atoms. The van der Waals surface area contributed by atoms with E-state index in [0.29, 0.717) is 35.9 Å². The molecule has 2 aromatic rings. The summed E-state index contributed by atoms with van der Waals surface area (Å²) in [5, 5.41) is 5.81. The molecule has 0 aliphatic carbocycles. The second-order valence-electron chi connectivity index (χ2n) is 9.13. The van der Waals surface area contributed by atoms with Gasteiger partial charge in [0.15, 0.2) is 0 Å². The Kier molecular flexibility index (Phi) is 7.43. The molecule has 2 heterocycles. The molecule has 0 spiro atoms. The highest BCUT2D eigenvalue weighted by molar-refractivity contribution is 6.03. The van der Waals surface area contributed by atoms with Crippen molar-refractivity contribution in [1.82, 2.24) is 20.4 Å². The fraction of sp³-hybridized carbons (Fsp3) is 0.321. The fourth-order valence-electron chi connectivity index (χ4n) is 4.79. The number of amides is 4. The second kappa shape index (κ2) is 10.7. The number of hydrogen-bond acceptors (Lipinski definition) is 4. The predicted molar refractivity (Wildman–Crippen MR) is 137 cm³/mol. The van der Waals surface area contributed by atoms with E-state index in [1.165, 1.54) is 0 Å². The van der Waals surface area contributed by atoms with Crippen molar-refractivity contribution in [2.24, 2.45) is 5.92 Å². The molecule has 4 rings (SSSR count). The van der Waals surface area contributed by atoms with Crippen LogP contribution in [0.15, 0.2) is 78.5 Å². The first-order valence-corrected chi connectivity index (χ1v) is 12.2. The summed E-state index contributed by atoms with van der Waals surface area (Å²) in [7, 11) is 0.